The molecule has 1 aromatic rings. The van der Waals surface area contributed by atoms with Gasteiger partial charge in [-0.25, -0.2) is 0 Å². The molecule has 0 spiro atoms. The van der Waals surface area contributed by atoms with Crippen molar-refractivity contribution >= 4 is 19.6 Å². The lowest BCUT2D eigenvalue weighted by Gasteiger charge is -2.12. The van der Waals surface area contributed by atoms with Crippen molar-refractivity contribution in [2.24, 2.45) is 0 Å². The molecule has 3 heteroatoms. The predicted molar refractivity (Wildman–Crippen MR) is 55.8 cm³/mol. The van der Waals surface area contributed by atoms with Crippen LogP contribution in [0.25, 0.3) is 0 Å². The van der Waals surface area contributed by atoms with Crippen LogP contribution in [0.2, 0.25) is 0 Å². The van der Waals surface area contributed by atoms with E-state index in [9.17, 15) is 4.79 Å². The molecule has 0 saturated heterocycles. The molecule has 0 aromatic heterocycles. The third kappa shape index (κ3) is 2.62. The van der Waals surface area contributed by atoms with Crippen LogP contribution in [0.4, 0.5) is 0 Å². The molecule has 13 heavy (non-hydrogen) atoms. The minimum absolute atomic E-state index is 0.167. The van der Waals surface area contributed by atoms with Gasteiger partial charge in [-0.2, -0.15) is 0 Å². The van der Waals surface area contributed by atoms with Gasteiger partial charge in [0.05, 0.1) is 6.10 Å². The molecule has 0 amide bonds. The zero-order chi connectivity index (χ0) is 9.84. The number of carbonyl (C=O) groups is 1. The minimum Gasteiger partial charge on any atom is -0.492 e. The van der Waals surface area contributed by atoms with Gasteiger partial charge in [-0.05, 0) is 31.4 Å². The summed E-state index contributed by atoms with van der Waals surface area (Å²) in [6.45, 7) is 3.96. The van der Waals surface area contributed by atoms with Gasteiger partial charge < -0.3 is 4.74 Å². The SMILES string of the molecule is Bc1cc(C=O)ccc1OC(C)C. The fourth-order valence-electron chi connectivity index (χ4n) is 1.13. The summed E-state index contributed by atoms with van der Waals surface area (Å²) in [5.74, 6) is 0.848. The highest BCUT2D eigenvalue weighted by atomic mass is 16.5. The third-order valence-corrected chi connectivity index (χ3v) is 1.70. The molecule has 0 unspecified atom stereocenters. The molecule has 0 saturated carbocycles. The normalized spacial score (nSPS) is 10.1. The Balaban J connectivity index is 2.91. The summed E-state index contributed by atoms with van der Waals surface area (Å²) in [6, 6.07) is 5.42. The van der Waals surface area contributed by atoms with Crippen molar-refractivity contribution < 1.29 is 9.53 Å². The lowest BCUT2D eigenvalue weighted by molar-refractivity contribution is 0.112. The highest BCUT2D eigenvalue weighted by molar-refractivity contribution is 6.34. The summed E-state index contributed by atoms with van der Waals surface area (Å²) in [5, 5.41) is 0. The molecule has 0 bridgehead atoms. The van der Waals surface area contributed by atoms with Crippen molar-refractivity contribution in [3.8, 4) is 5.75 Å². The molecule has 68 valence electrons. The third-order valence-electron chi connectivity index (χ3n) is 1.70. The summed E-state index contributed by atoms with van der Waals surface area (Å²) >= 11 is 0. The van der Waals surface area contributed by atoms with Gasteiger partial charge in [0.1, 0.15) is 19.9 Å². The maximum absolute atomic E-state index is 10.5. The fourth-order valence-corrected chi connectivity index (χ4v) is 1.13. The molecular weight excluding hydrogens is 163 g/mol. The number of hydrogen-bond donors (Lipinski definition) is 0. The first kappa shape index (κ1) is 9.84. The molecule has 0 N–H and O–H groups in total. The Morgan fingerprint density at radius 2 is 2.15 bits per heavy atom. The molecule has 0 atom stereocenters. The maximum atomic E-state index is 10.5. The molecule has 0 aliphatic rings. The zero-order valence-electron chi connectivity index (χ0n) is 8.20. The molecular formula is C10H13BO2. The Kier molecular flexibility index (Phi) is 3.12. The van der Waals surface area contributed by atoms with E-state index >= 15 is 0 Å². The van der Waals surface area contributed by atoms with E-state index in [1.807, 2.05) is 33.8 Å². The van der Waals surface area contributed by atoms with E-state index in [0.29, 0.717) is 5.56 Å². The van der Waals surface area contributed by atoms with Gasteiger partial charge in [-0.3, -0.25) is 4.79 Å². The van der Waals surface area contributed by atoms with Crippen LogP contribution in [-0.4, -0.2) is 20.2 Å². The van der Waals surface area contributed by atoms with Crippen molar-refractivity contribution in [3.05, 3.63) is 23.8 Å². The molecule has 0 aliphatic heterocycles. The van der Waals surface area contributed by atoms with Crippen LogP contribution in [0.3, 0.4) is 0 Å². The van der Waals surface area contributed by atoms with Crippen molar-refractivity contribution in [1.29, 1.82) is 0 Å². The summed E-state index contributed by atoms with van der Waals surface area (Å²) < 4.78 is 5.53. The number of hydrogen-bond acceptors (Lipinski definition) is 2. The zero-order valence-corrected chi connectivity index (χ0v) is 8.20. The van der Waals surface area contributed by atoms with Crippen LogP contribution in [0.5, 0.6) is 5.75 Å². The second-order valence-electron chi connectivity index (χ2n) is 3.31. The highest BCUT2D eigenvalue weighted by Crippen LogP contribution is 2.09. The van der Waals surface area contributed by atoms with Crippen molar-refractivity contribution in [2.45, 2.75) is 20.0 Å². The Morgan fingerprint density at radius 3 is 2.62 bits per heavy atom. The molecule has 1 rings (SSSR count). The largest absolute Gasteiger partial charge is 0.492 e. The molecule has 0 aliphatic carbocycles. The average molecular weight is 176 g/mol. The Labute approximate surface area is 79.3 Å². The predicted octanol–water partition coefficient (Wildman–Crippen LogP) is 0.545. The van der Waals surface area contributed by atoms with Gasteiger partial charge in [0.2, 0.25) is 0 Å². The lowest BCUT2D eigenvalue weighted by Crippen LogP contribution is -2.14. The van der Waals surface area contributed by atoms with Crippen LogP contribution < -0.4 is 10.2 Å². The number of ether oxygens (including phenoxy) is 1. The number of benzene rings is 1. The molecule has 0 heterocycles. The van der Waals surface area contributed by atoms with E-state index in [2.05, 4.69) is 0 Å². The number of aldehydes is 1. The Bertz CT molecular complexity index is 308. The topological polar surface area (TPSA) is 26.3 Å². The first-order chi connectivity index (χ1) is 6.13. The molecule has 0 fully saturated rings. The standard InChI is InChI=1S/C10H13BO2/c1-7(2)13-10-4-3-8(6-12)5-9(10)11/h3-7H,11H2,1-2H3. The van der Waals surface area contributed by atoms with Gasteiger partial charge in [-0.1, -0.05) is 6.07 Å². The van der Waals surface area contributed by atoms with E-state index < -0.39 is 0 Å². The maximum Gasteiger partial charge on any atom is 0.150 e. The Morgan fingerprint density at radius 1 is 1.46 bits per heavy atom. The second kappa shape index (κ2) is 4.12. The fraction of sp³-hybridized carbons (Fsp3) is 0.300. The summed E-state index contributed by atoms with van der Waals surface area (Å²) in [7, 11) is 1.94. The van der Waals surface area contributed by atoms with Gasteiger partial charge in [0.15, 0.2) is 0 Å². The van der Waals surface area contributed by atoms with Gasteiger partial charge in [0, 0.05) is 5.56 Å². The van der Waals surface area contributed by atoms with E-state index in [1.165, 1.54) is 0 Å². The second-order valence-corrected chi connectivity index (χ2v) is 3.31. The van der Waals surface area contributed by atoms with Crippen molar-refractivity contribution in [3.63, 3.8) is 0 Å². The van der Waals surface area contributed by atoms with Crippen LogP contribution in [0, 0.1) is 0 Å². The number of carbonyl (C=O) groups excluding carboxylic acids is 1. The van der Waals surface area contributed by atoms with Crippen LogP contribution >= 0.6 is 0 Å². The highest BCUT2D eigenvalue weighted by Gasteiger charge is 2.01. The smallest absolute Gasteiger partial charge is 0.150 e. The summed E-state index contributed by atoms with van der Waals surface area (Å²) in [4.78, 5) is 10.5. The molecule has 0 radical (unpaired) electrons. The minimum atomic E-state index is 0.167. The first-order valence-electron chi connectivity index (χ1n) is 4.36. The van der Waals surface area contributed by atoms with E-state index in [1.54, 1.807) is 6.07 Å². The van der Waals surface area contributed by atoms with Gasteiger partial charge >= 0.3 is 0 Å². The van der Waals surface area contributed by atoms with Gasteiger partial charge in [-0.15, -0.1) is 0 Å². The summed E-state index contributed by atoms with van der Waals surface area (Å²) in [6.07, 6.45) is 1.01. The van der Waals surface area contributed by atoms with Crippen LogP contribution in [-0.2, 0) is 0 Å². The Hall–Kier alpha value is -1.25. The van der Waals surface area contributed by atoms with E-state index in [-0.39, 0.29) is 6.10 Å². The van der Waals surface area contributed by atoms with Crippen molar-refractivity contribution in [1.82, 2.24) is 0 Å². The monoisotopic (exact) mass is 176 g/mol. The first-order valence-corrected chi connectivity index (χ1v) is 4.36. The van der Waals surface area contributed by atoms with Crippen molar-refractivity contribution in [2.75, 3.05) is 0 Å². The number of rotatable bonds is 3. The quantitative estimate of drug-likeness (QED) is 0.496. The van der Waals surface area contributed by atoms with Crippen LogP contribution in [0.15, 0.2) is 18.2 Å². The van der Waals surface area contributed by atoms with Crippen LogP contribution in [0.1, 0.15) is 24.2 Å². The lowest BCUT2D eigenvalue weighted by atomic mass is 9.93. The molecule has 2 nitrogen and oxygen atoms in total. The average Bonchev–Trinajstić information content (AvgIpc) is 2.08. The van der Waals surface area contributed by atoms with Gasteiger partial charge in [0.25, 0.3) is 0 Å². The van der Waals surface area contributed by atoms with E-state index in [4.69, 9.17) is 4.74 Å². The molecule has 1 aromatic carbocycles. The summed E-state index contributed by atoms with van der Waals surface area (Å²) in [5.41, 5.74) is 1.69. The van der Waals surface area contributed by atoms with E-state index in [0.717, 1.165) is 17.5 Å².